The third kappa shape index (κ3) is 9.70. The van der Waals surface area contributed by atoms with Crippen LogP contribution >= 0.6 is 0 Å². The maximum absolute atomic E-state index is 13.5. The van der Waals surface area contributed by atoms with Crippen LogP contribution in [0.15, 0.2) is 72.8 Å². The summed E-state index contributed by atoms with van der Waals surface area (Å²) in [6.45, 7) is 7.55. The number of amides is 2. The Bertz CT molecular complexity index is 1310. The fraction of sp³-hybridized carbons (Fsp3) is 0.394. The van der Waals surface area contributed by atoms with Gasteiger partial charge in [0.1, 0.15) is 0 Å². The van der Waals surface area contributed by atoms with E-state index in [0.29, 0.717) is 30.8 Å². The summed E-state index contributed by atoms with van der Waals surface area (Å²) in [5.74, 6) is -0.688. The minimum atomic E-state index is -4.52. The largest absolute Gasteiger partial charge is 0.416 e. The van der Waals surface area contributed by atoms with Crippen LogP contribution in [0, 0.1) is 6.92 Å². The molecule has 0 heterocycles. The highest BCUT2D eigenvalue weighted by atomic mass is 19.4. The first-order chi connectivity index (χ1) is 20.0. The van der Waals surface area contributed by atoms with Crippen molar-refractivity contribution in [3.8, 4) is 0 Å². The molecule has 0 bridgehead atoms. The van der Waals surface area contributed by atoms with Gasteiger partial charge in [0, 0.05) is 37.3 Å². The normalized spacial score (nSPS) is 12.9. The number of hydrogen-bond donors (Lipinski definition) is 3. The number of alkyl halides is 3. The van der Waals surface area contributed by atoms with Gasteiger partial charge in [-0.05, 0) is 67.1 Å². The molecule has 0 aliphatic carbocycles. The van der Waals surface area contributed by atoms with Crippen LogP contribution < -0.4 is 10.6 Å². The van der Waals surface area contributed by atoms with E-state index in [2.05, 4.69) is 10.6 Å². The van der Waals surface area contributed by atoms with E-state index in [1.807, 2.05) is 44.2 Å². The Balaban J connectivity index is 1.83. The van der Waals surface area contributed by atoms with E-state index in [9.17, 15) is 27.9 Å². The first kappa shape index (κ1) is 32.8. The standard InChI is InChI=1S/C33H40F3N3O3/c1-4-14-39(15-5-2)32(42)27-17-23(3)16-26(20-27)31(41)38-29(19-25-12-9-13-28(18-25)33(34,35)36)30(40)22-37-21-24-10-7-6-8-11-24/h6-13,16-18,20,29-30,37,40H,4-5,14-15,19,21-22H2,1-3H3,(H,38,41)/t29-,30+/m0/s1. The number of nitrogens with zero attached hydrogens (tertiary/aromatic N) is 1. The van der Waals surface area contributed by atoms with E-state index in [0.717, 1.165) is 36.1 Å². The number of hydrogen-bond acceptors (Lipinski definition) is 4. The van der Waals surface area contributed by atoms with Gasteiger partial charge in [-0.2, -0.15) is 13.2 Å². The van der Waals surface area contributed by atoms with Gasteiger partial charge in [-0.1, -0.05) is 62.4 Å². The lowest BCUT2D eigenvalue weighted by molar-refractivity contribution is -0.137. The van der Waals surface area contributed by atoms with E-state index >= 15 is 0 Å². The smallest absolute Gasteiger partial charge is 0.390 e. The van der Waals surface area contributed by atoms with Gasteiger partial charge in [0.15, 0.2) is 0 Å². The van der Waals surface area contributed by atoms with Crippen molar-refractivity contribution >= 4 is 11.8 Å². The molecule has 3 rings (SSSR count). The van der Waals surface area contributed by atoms with Gasteiger partial charge < -0.3 is 20.6 Å². The van der Waals surface area contributed by atoms with Gasteiger partial charge in [-0.15, -0.1) is 0 Å². The van der Waals surface area contributed by atoms with E-state index in [1.165, 1.54) is 18.2 Å². The lowest BCUT2D eigenvalue weighted by atomic mass is 9.98. The maximum atomic E-state index is 13.5. The second-order valence-electron chi connectivity index (χ2n) is 10.5. The molecule has 0 spiro atoms. The Kier molecular flexibility index (Phi) is 12.1. The molecule has 3 N–H and O–H groups in total. The van der Waals surface area contributed by atoms with E-state index in [4.69, 9.17) is 0 Å². The van der Waals surface area contributed by atoms with Gasteiger partial charge in [-0.25, -0.2) is 0 Å². The predicted octanol–water partition coefficient (Wildman–Crippen LogP) is 5.77. The van der Waals surface area contributed by atoms with Gasteiger partial charge in [0.05, 0.1) is 17.7 Å². The number of aliphatic hydroxyl groups excluding tert-OH is 1. The summed E-state index contributed by atoms with van der Waals surface area (Å²) in [6, 6.07) is 18.4. The molecule has 0 fully saturated rings. The highest BCUT2D eigenvalue weighted by molar-refractivity contribution is 6.00. The van der Waals surface area contributed by atoms with Gasteiger partial charge in [0.25, 0.3) is 11.8 Å². The molecule has 42 heavy (non-hydrogen) atoms. The minimum absolute atomic E-state index is 0.0256. The summed E-state index contributed by atoms with van der Waals surface area (Å²) in [7, 11) is 0. The number of rotatable bonds is 14. The fourth-order valence-corrected chi connectivity index (χ4v) is 4.84. The van der Waals surface area contributed by atoms with Crippen LogP contribution in [-0.2, 0) is 19.1 Å². The highest BCUT2D eigenvalue weighted by Gasteiger charge is 2.31. The number of aliphatic hydroxyl groups is 1. The summed E-state index contributed by atoms with van der Waals surface area (Å²) in [6.07, 6.45) is -4.04. The Morgan fingerprint density at radius 2 is 1.52 bits per heavy atom. The lowest BCUT2D eigenvalue weighted by Gasteiger charge is -2.26. The van der Waals surface area contributed by atoms with Crippen molar-refractivity contribution in [1.29, 1.82) is 0 Å². The molecule has 0 unspecified atom stereocenters. The van der Waals surface area contributed by atoms with Crippen molar-refractivity contribution < 1.29 is 27.9 Å². The molecule has 9 heteroatoms. The zero-order valence-corrected chi connectivity index (χ0v) is 24.4. The highest BCUT2D eigenvalue weighted by Crippen LogP contribution is 2.30. The second kappa shape index (κ2) is 15.5. The van der Waals surface area contributed by atoms with Crippen LogP contribution in [0.5, 0.6) is 0 Å². The first-order valence-corrected chi connectivity index (χ1v) is 14.3. The molecule has 3 aromatic carbocycles. The summed E-state index contributed by atoms with van der Waals surface area (Å²) < 4.78 is 40.1. The number of nitrogens with one attached hydrogen (secondary N) is 2. The minimum Gasteiger partial charge on any atom is -0.390 e. The second-order valence-corrected chi connectivity index (χ2v) is 10.5. The molecule has 6 nitrogen and oxygen atoms in total. The molecule has 3 aromatic rings. The first-order valence-electron chi connectivity index (χ1n) is 14.3. The quantitative estimate of drug-likeness (QED) is 0.225. The summed E-state index contributed by atoms with van der Waals surface area (Å²) in [5, 5.41) is 17.1. The van der Waals surface area contributed by atoms with E-state index < -0.39 is 29.8 Å². The summed E-state index contributed by atoms with van der Waals surface area (Å²) >= 11 is 0. The van der Waals surface area contributed by atoms with Crippen molar-refractivity contribution in [3.05, 3.63) is 106 Å². The molecule has 0 aliphatic rings. The van der Waals surface area contributed by atoms with Crippen LogP contribution in [0.4, 0.5) is 13.2 Å². The molecular formula is C33H40F3N3O3. The predicted molar refractivity (Wildman–Crippen MR) is 158 cm³/mol. The Hall–Kier alpha value is -3.69. The van der Waals surface area contributed by atoms with Crippen LogP contribution in [0.3, 0.4) is 0 Å². The SMILES string of the molecule is CCCN(CCC)C(=O)c1cc(C)cc(C(=O)N[C@@H](Cc2cccc(C(F)(F)F)c2)[C@H](O)CNCc2ccccc2)c1. The Morgan fingerprint density at radius 1 is 0.881 bits per heavy atom. The monoisotopic (exact) mass is 583 g/mol. The average molecular weight is 584 g/mol. The summed E-state index contributed by atoms with van der Waals surface area (Å²) in [4.78, 5) is 28.5. The zero-order chi connectivity index (χ0) is 30.7. The maximum Gasteiger partial charge on any atom is 0.416 e. The molecule has 0 saturated carbocycles. The molecule has 0 aliphatic heterocycles. The molecule has 226 valence electrons. The van der Waals surface area contributed by atoms with Gasteiger partial charge in [0.2, 0.25) is 0 Å². The summed E-state index contributed by atoms with van der Waals surface area (Å²) in [5.41, 5.74) is 1.88. The van der Waals surface area contributed by atoms with Crippen molar-refractivity contribution in [2.75, 3.05) is 19.6 Å². The van der Waals surface area contributed by atoms with Crippen molar-refractivity contribution in [2.45, 2.75) is 64.9 Å². The topological polar surface area (TPSA) is 81.7 Å². The third-order valence-electron chi connectivity index (χ3n) is 6.88. The molecule has 2 atom stereocenters. The Labute approximate surface area is 245 Å². The van der Waals surface area contributed by atoms with E-state index in [-0.39, 0.29) is 24.4 Å². The number of halogens is 3. The molecule has 0 saturated heterocycles. The fourth-order valence-electron chi connectivity index (χ4n) is 4.84. The van der Waals surface area contributed by atoms with Crippen molar-refractivity contribution in [3.63, 3.8) is 0 Å². The zero-order valence-electron chi connectivity index (χ0n) is 24.4. The van der Waals surface area contributed by atoms with Crippen LogP contribution in [0.25, 0.3) is 0 Å². The number of aryl methyl sites for hydroxylation is 1. The van der Waals surface area contributed by atoms with Crippen molar-refractivity contribution in [2.24, 2.45) is 0 Å². The molecular weight excluding hydrogens is 543 g/mol. The number of carbonyl (C=O) groups is 2. The third-order valence-corrected chi connectivity index (χ3v) is 6.88. The van der Waals surface area contributed by atoms with Crippen molar-refractivity contribution in [1.82, 2.24) is 15.5 Å². The Morgan fingerprint density at radius 3 is 2.17 bits per heavy atom. The van der Waals surface area contributed by atoms with Crippen LogP contribution in [0.2, 0.25) is 0 Å². The number of benzene rings is 3. The average Bonchev–Trinajstić information content (AvgIpc) is 2.96. The van der Waals surface area contributed by atoms with E-state index in [1.54, 1.807) is 24.0 Å². The number of carbonyl (C=O) groups excluding carboxylic acids is 2. The molecule has 2 amide bonds. The van der Waals surface area contributed by atoms with Gasteiger partial charge in [-0.3, -0.25) is 9.59 Å². The lowest BCUT2D eigenvalue weighted by Crippen LogP contribution is -2.48. The molecule has 0 aromatic heterocycles. The van der Waals surface area contributed by atoms with Crippen LogP contribution in [-0.4, -0.2) is 53.6 Å². The molecule has 0 radical (unpaired) electrons. The van der Waals surface area contributed by atoms with Gasteiger partial charge >= 0.3 is 6.18 Å². The van der Waals surface area contributed by atoms with Crippen LogP contribution in [0.1, 0.15) is 69.7 Å².